The maximum absolute atomic E-state index is 12.5. The van der Waals surface area contributed by atoms with Gasteiger partial charge in [-0.3, -0.25) is 4.79 Å². The average Bonchev–Trinajstić information content (AvgIpc) is 2.63. The van der Waals surface area contributed by atoms with E-state index in [-0.39, 0.29) is 35.5 Å². The monoisotopic (exact) mass is 414 g/mol. The molecule has 0 bridgehead atoms. The molecule has 0 fully saturated rings. The topological polar surface area (TPSA) is 75.0 Å². The minimum absolute atomic E-state index is 0.0345. The van der Waals surface area contributed by atoms with Crippen molar-refractivity contribution in [3.63, 3.8) is 0 Å². The van der Waals surface area contributed by atoms with Crippen LogP contribution in [0.1, 0.15) is 54.4 Å². The van der Waals surface area contributed by atoms with Gasteiger partial charge in [-0.05, 0) is 65.7 Å². The number of carbonyl (C=O) groups is 1. The Morgan fingerprint density at radius 2 is 1.83 bits per heavy atom. The molecule has 0 amide bonds. The summed E-state index contributed by atoms with van der Waals surface area (Å²) in [5.41, 5.74) is 2.07. The zero-order valence-corrected chi connectivity index (χ0v) is 18.5. The molecule has 1 aromatic heterocycles. The third-order valence-corrected chi connectivity index (χ3v) is 4.17. The number of esters is 1. The molecule has 0 unspecified atom stereocenters. The van der Waals surface area contributed by atoms with E-state index < -0.39 is 11.6 Å². The first-order valence-corrected chi connectivity index (χ1v) is 10.1. The van der Waals surface area contributed by atoms with Crippen LogP contribution in [0.2, 0.25) is 0 Å². The highest BCUT2D eigenvalue weighted by Gasteiger charge is 2.22. The van der Waals surface area contributed by atoms with Crippen LogP contribution in [0, 0.1) is 0 Å². The lowest BCUT2D eigenvalue weighted by atomic mass is 10.1. The van der Waals surface area contributed by atoms with Gasteiger partial charge in [0.15, 0.2) is 5.75 Å². The van der Waals surface area contributed by atoms with Gasteiger partial charge in [0.1, 0.15) is 23.3 Å². The lowest BCUT2D eigenvalue weighted by Gasteiger charge is -2.16. The van der Waals surface area contributed by atoms with Gasteiger partial charge in [0.2, 0.25) is 5.75 Å². The molecule has 6 nitrogen and oxygen atoms in total. The fourth-order valence-electron chi connectivity index (χ4n) is 2.85. The summed E-state index contributed by atoms with van der Waals surface area (Å²) in [6.07, 6.45) is 5.76. The molecule has 0 radical (unpaired) electrons. The summed E-state index contributed by atoms with van der Waals surface area (Å²) >= 11 is 0. The predicted octanol–water partition coefficient (Wildman–Crippen LogP) is 5.58. The summed E-state index contributed by atoms with van der Waals surface area (Å²) in [7, 11) is 0. The second-order valence-electron chi connectivity index (χ2n) is 7.62. The van der Waals surface area contributed by atoms with E-state index in [2.05, 4.69) is 19.9 Å². The van der Waals surface area contributed by atoms with Crippen molar-refractivity contribution in [2.24, 2.45) is 0 Å². The Hall–Kier alpha value is -3.02. The lowest BCUT2D eigenvalue weighted by molar-refractivity contribution is -0.131. The molecular weight excluding hydrogens is 384 g/mol. The molecule has 30 heavy (non-hydrogen) atoms. The van der Waals surface area contributed by atoms with E-state index in [9.17, 15) is 9.59 Å². The Balaban J connectivity index is 2.44. The number of benzene rings is 1. The van der Waals surface area contributed by atoms with E-state index in [0.717, 1.165) is 12.8 Å². The maximum atomic E-state index is 12.5. The second kappa shape index (κ2) is 10.7. The van der Waals surface area contributed by atoms with Crippen LogP contribution in [0.4, 0.5) is 0 Å². The Bertz CT molecular complexity index is 1010. The number of ether oxygens (including phenoxy) is 3. The number of allylic oxidation sites excluding steroid dienone is 3. The maximum Gasteiger partial charge on any atom is 0.383 e. The van der Waals surface area contributed by atoms with Crippen molar-refractivity contribution in [3.05, 3.63) is 51.9 Å². The number of fused-ring (bicyclic) bond motifs is 1. The van der Waals surface area contributed by atoms with Crippen LogP contribution < -0.4 is 19.8 Å². The van der Waals surface area contributed by atoms with E-state index in [4.69, 9.17) is 18.6 Å². The molecule has 2 aromatic rings. The third kappa shape index (κ3) is 6.51. The molecule has 162 valence electrons. The summed E-state index contributed by atoms with van der Waals surface area (Å²) in [5, 5.41) is 0.388. The molecule has 0 aliphatic carbocycles. The van der Waals surface area contributed by atoms with Crippen LogP contribution in [0.3, 0.4) is 0 Å². The Labute approximate surface area is 177 Å². The molecule has 0 saturated heterocycles. The van der Waals surface area contributed by atoms with E-state index in [1.165, 1.54) is 18.1 Å². The van der Waals surface area contributed by atoms with Gasteiger partial charge in [-0.1, -0.05) is 23.3 Å². The molecule has 0 spiro atoms. The quantitative estimate of drug-likeness (QED) is 0.231. The number of hydrogen-bond donors (Lipinski definition) is 0. The smallest absolute Gasteiger partial charge is 0.383 e. The standard InChI is InChI=1S/C24H30O6/c1-15(2)9-7-10-17(5)13-14-27-22-21-19(29-18(6)25)11-8-12-20(21)30-24(26)23(22)28-16(3)4/h8-9,11-13,16H,7,10,14H2,1-6H3. The van der Waals surface area contributed by atoms with Crippen LogP contribution in [0.5, 0.6) is 17.2 Å². The van der Waals surface area contributed by atoms with Gasteiger partial charge in [0.25, 0.3) is 0 Å². The van der Waals surface area contributed by atoms with Crippen LogP contribution in [0.15, 0.2) is 50.7 Å². The lowest BCUT2D eigenvalue weighted by Crippen LogP contribution is -2.16. The van der Waals surface area contributed by atoms with E-state index in [1.807, 2.05) is 13.0 Å². The summed E-state index contributed by atoms with van der Waals surface area (Å²) in [6, 6.07) is 4.89. The predicted molar refractivity (Wildman–Crippen MR) is 117 cm³/mol. The first kappa shape index (κ1) is 23.3. The number of hydrogen-bond acceptors (Lipinski definition) is 6. The zero-order chi connectivity index (χ0) is 22.3. The van der Waals surface area contributed by atoms with Crippen LogP contribution in [-0.2, 0) is 4.79 Å². The largest absolute Gasteiger partial charge is 0.484 e. The van der Waals surface area contributed by atoms with Gasteiger partial charge in [-0.15, -0.1) is 0 Å². The van der Waals surface area contributed by atoms with Crippen molar-refractivity contribution in [1.82, 2.24) is 0 Å². The summed E-state index contributed by atoms with van der Waals surface area (Å²) in [6.45, 7) is 11.3. The fourth-order valence-corrected chi connectivity index (χ4v) is 2.85. The van der Waals surface area contributed by atoms with E-state index in [0.29, 0.717) is 5.39 Å². The van der Waals surface area contributed by atoms with Crippen LogP contribution in [-0.4, -0.2) is 18.7 Å². The minimum Gasteiger partial charge on any atom is -0.484 e. The van der Waals surface area contributed by atoms with Crippen molar-refractivity contribution in [2.75, 3.05) is 6.61 Å². The van der Waals surface area contributed by atoms with Gasteiger partial charge in [-0.2, -0.15) is 0 Å². The molecule has 1 aromatic carbocycles. The average molecular weight is 414 g/mol. The van der Waals surface area contributed by atoms with E-state index >= 15 is 0 Å². The number of rotatable bonds is 9. The molecule has 2 rings (SSSR count). The molecule has 0 saturated carbocycles. The fraction of sp³-hybridized carbons (Fsp3) is 0.417. The van der Waals surface area contributed by atoms with Crippen LogP contribution in [0.25, 0.3) is 11.0 Å². The van der Waals surface area contributed by atoms with Crippen LogP contribution >= 0.6 is 0 Å². The highest BCUT2D eigenvalue weighted by molar-refractivity contribution is 5.93. The zero-order valence-electron chi connectivity index (χ0n) is 18.5. The Morgan fingerprint density at radius 1 is 1.10 bits per heavy atom. The first-order valence-electron chi connectivity index (χ1n) is 10.1. The molecule has 1 heterocycles. The number of carbonyl (C=O) groups excluding carboxylic acids is 1. The van der Waals surface area contributed by atoms with E-state index in [1.54, 1.807) is 32.0 Å². The molecule has 6 heteroatoms. The first-order chi connectivity index (χ1) is 14.2. The highest BCUT2D eigenvalue weighted by Crippen LogP contribution is 2.39. The van der Waals surface area contributed by atoms with Crippen molar-refractivity contribution < 1.29 is 23.4 Å². The normalized spacial score (nSPS) is 11.5. The molecule has 0 N–H and O–H groups in total. The summed E-state index contributed by atoms with van der Waals surface area (Å²) < 4.78 is 22.4. The summed E-state index contributed by atoms with van der Waals surface area (Å²) in [4.78, 5) is 24.1. The van der Waals surface area contributed by atoms with Crippen molar-refractivity contribution in [3.8, 4) is 17.2 Å². The Kier molecular flexibility index (Phi) is 8.27. The van der Waals surface area contributed by atoms with Crippen molar-refractivity contribution in [2.45, 2.75) is 60.5 Å². The molecule has 0 aliphatic heterocycles. The van der Waals surface area contributed by atoms with Gasteiger partial charge in [-0.25, -0.2) is 4.79 Å². The third-order valence-electron chi connectivity index (χ3n) is 4.17. The van der Waals surface area contributed by atoms with Gasteiger partial charge < -0.3 is 18.6 Å². The van der Waals surface area contributed by atoms with Crippen molar-refractivity contribution >= 4 is 16.9 Å². The summed E-state index contributed by atoms with van der Waals surface area (Å²) in [5.74, 6) is -0.0644. The minimum atomic E-state index is -0.643. The highest BCUT2D eigenvalue weighted by atomic mass is 16.5. The van der Waals surface area contributed by atoms with Gasteiger partial charge in [0, 0.05) is 6.92 Å². The Morgan fingerprint density at radius 3 is 2.47 bits per heavy atom. The SMILES string of the molecule is CC(=O)Oc1cccc2oc(=O)c(OC(C)C)c(OCC=C(C)CCC=C(C)C)c12. The van der Waals surface area contributed by atoms with Gasteiger partial charge in [0.05, 0.1) is 6.10 Å². The van der Waals surface area contributed by atoms with Gasteiger partial charge >= 0.3 is 11.6 Å². The second-order valence-corrected chi connectivity index (χ2v) is 7.62. The molecule has 0 aliphatic rings. The molecular formula is C24H30O6. The molecule has 0 atom stereocenters. The van der Waals surface area contributed by atoms with Crippen molar-refractivity contribution in [1.29, 1.82) is 0 Å².